The number of halogens is 2. The van der Waals surface area contributed by atoms with Gasteiger partial charge in [0.1, 0.15) is 23.6 Å². The molecule has 3 rings (SSSR count). The van der Waals surface area contributed by atoms with Crippen LogP contribution in [-0.4, -0.2) is 15.1 Å². The van der Waals surface area contributed by atoms with Crippen molar-refractivity contribution in [2.24, 2.45) is 0 Å². The molecule has 0 saturated carbocycles. The molecule has 5 heteroatoms. The molecule has 0 amide bonds. The van der Waals surface area contributed by atoms with Crippen molar-refractivity contribution in [3.63, 3.8) is 0 Å². The van der Waals surface area contributed by atoms with Crippen LogP contribution in [0, 0.1) is 11.6 Å². The van der Waals surface area contributed by atoms with Gasteiger partial charge in [-0.3, -0.25) is 0 Å². The summed E-state index contributed by atoms with van der Waals surface area (Å²) in [7, 11) is 0. The zero-order valence-corrected chi connectivity index (χ0v) is 11.4. The lowest BCUT2D eigenvalue weighted by Crippen LogP contribution is -2.30. The minimum absolute atomic E-state index is 0.0603. The quantitative estimate of drug-likeness (QED) is 0.808. The number of hydrogen-bond acceptors (Lipinski definition) is 3. The second kappa shape index (κ2) is 5.61. The zero-order chi connectivity index (χ0) is 15.6. The summed E-state index contributed by atoms with van der Waals surface area (Å²) in [6.07, 6.45) is 4.13. The largest absolute Gasteiger partial charge is 0.376 e. The second-order valence-electron chi connectivity index (χ2n) is 4.83. The van der Waals surface area contributed by atoms with Crippen LogP contribution in [0.3, 0.4) is 0 Å². The molecule has 1 atom stereocenters. The third-order valence-electron chi connectivity index (χ3n) is 3.49. The molecule has 0 saturated heterocycles. The van der Waals surface area contributed by atoms with E-state index >= 15 is 0 Å². The maximum atomic E-state index is 14.3. The summed E-state index contributed by atoms with van der Waals surface area (Å²) in [5, 5.41) is 11.3. The van der Waals surface area contributed by atoms with Gasteiger partial charge in [0.05, 0.1) is 0 Å². The molecule has 2 aromatic carbocycles. The summed E-state index contributed by atoms with van der Waals surface area (Å²) in [5.41, 5.74) is -1.13. The van der Waals surface area contributed by atoms with E-state index in [0.29, 0.717) is 11.1 Å². The van der Waals surface area contributed by atoms with Crippen LogP contribution in [0.5, 0.6) is 0 Å². The Balaban J connectivity index is 2.28. The average molecular weight is 298 g/mol. The van der Waals surface area contributed by atoms with Gasteiger partial charge >= 0.3 is 0 Å². The molecule has 0 fully saturated rings. The van der Waals surface area contributed by atoms with Crippen molar-refractivity contribution in [2.75, 3.05) is 0 Å². The summed E-state index contributed by atoms with van der Waals surface area (Å²) in [5.74, 6) is -1.55. The van der Waals surface area contributed by atoms with E-state index in [1.807, 2.05) is 0 Å². The van der Waals surface area contributed by atoms with Gasteiger partial charge in [-0.1, -0.05) is 30.3 Å². The van der Waals surface area contributed by atoms with E-state index in [1.165, 1.54) is 24.8 Å². The van der Waals surface area contributed by atoms with Crippen LogP contribution in [0.2, 0.25) is 0 Å². The van der Waals surface area contributed by atoms with Gasteiger partial charge < -0.3 is 5.11 Å². The number of aliphatic hydroxyl groups is 1. The minimum Gasteiger partial charge on any atom is -0.376 e. The fourth-order valence-corrected chi connectivity index (χ4v) is 2.43. The monoisotopic (exact) mass is 298 g/mol. The number of hydrogen-bond donors (Lipinski definition) is 1. The Morgan fingerprint density at radius 3 is 2.18 bits per heavy atom. The van der Waals surface area contributed by atoms with Crippen LogP contribution in [0.15, 0.2) is 67.3 Å². The molecule has 1 heterocycles. The number of rotatable bonds is 3. The van der Waals surface area contributed by atoms with Gasteiger partial charge in [-0.2, -0.15) is 0 Å². The maximum Gasteiger partial charge on any atom is 0.146 e. The van der Waals surface area contributed by atoms with E-state index in [0.717, 1.165) is 12.1 Å². The van der Waals surface area contributed by atoms with Crippen molar-refractivity contribution < 1.29 is 13.9 Å². The summed E-state index contributed by atoms with van der Waals surface area (Å²) in [6, 6.07) is 11.6. The van der Waals surface area contributed by atoms with E-state index in [2.05, 4.69) is 9.97 Å². The zero-order valence-electron chi connectivity index (χ0n) is 11.4. The Bertz CT molecular complexity index is 740. The van der Waals surface area contributed by atoms with Gasteiger partial charge in [0.25, 0.3) is 0 Å². The highest BCUT2D eigenvalue weighted by Gasteiger charge is 2.36. The third kappa shape index (κ3) is 2.35. The average Bonchev–Trinajstić information content (AvgIpc) is 2.56. The molecule has 0 aliphatic carbocycles. The van der Waals surface area contributed by atoms with Crippen molar-refractivity contribution >= 4 is 0 Å². The molecule has 1 aromatic heterocycles. The number of benzene rings is 2. The Morgan fingerprint density at radius 1 is 0.864 bits per heavy atom. The molecule has 1 unspecified atom stereocenters. The van der Waals surface area contributed by atoms with Crippen molar-refractivity contribution in [3.8, 4) is 0 Å². The van der Waals surface area contributed by atoms with E-state index < -0.39 is 17.2 Å². The van der Waals surface area contributed by atoms with Gasteiger partial charge in [-0.25, -0.2) is 18.7 Å². The Morgan fingerprint density at radius 2 is 1.55 bits per heavy atom. The van der Waals surface area contributed by atoms with Crippen LogP contribution in [0.1, 0.15) is 16.7 Å². The first kappa shape index (κ1) is 14.3. The van der Waals surface area contributed by atoms with Gasteiger partial charge in [-0.15, -0.1) is 0 Å². The molecule has 0 spiro atoms. The summed E-state index contributed by atoms with van der Waals surface area (Å²) in [6.45, 7) is 0. The molecule has 3 nitrogen and oxygen atoms in total. The second-order valence-corrected chi connectivity index (χ2v) is 4.83. The van der Waals surface area contributed by atoms with Crippen LogP contribution in [0.4, 0.5) is 8.78 Å². The van der Waals surface area contributed by atoms with Crippen molar-refractivity contribution in [3.05, 3.63) is 95.6 Å². The topological polar surface area (TPSA) is 46.0 Å². The molecule has 1 N–H and O–H groups in total. The fourth-order valence-electron chi connectivity index (χ4n) is 2.43. The predicted octanol–water partition coefficient (Wildman–Crippen LogP) is 3.04. The predicted molar refractivity (Wildman–Crippen MR) is 76.9 cm³/mol. The first-order valence-corrected chi connectivity index (χ1v) is 6.61. The van der Waals surface area contributed by atoms with Crippen molar-refractivity contribution in [1.29, 1.82) is 0 Å². The minimum atomic E-state index is -1.81. The lowest BCUT2D eigenvalue weighted by atomic mass is 9.81. The van der Waals surface area contributed by atoms with Gasteiger partial charge in [0.15, 0.2) is 0 Å². The van der Waals surface area contributed by atoms with Crippen LogP contribution < -0.4 is 0 Å². The van der Waals surface area contributed by atoms with E-state index in [4.69, 9.17) is 0 Å². The van der Waals surface area contributed by atoms with Gasteiger partial charge in [-0.05, 0) is 17.7 Å². The highest BCUT2D eigenvalue weighted by molar-refractivity contribution is 5.45. The van der Waals surface area contributed by atoms with Crippen molar-refractivity contribution in [1.82, 2.24) is 9.97 Å². The SMILES string of the molecule is OC(c1ccccc1)(c1cncnc1)c1ccc(F)cc1F. The molecule has 110 valence electrons. The maximum absolute atomic E-state index is 14.3. The molecule has 3 aromatic rings. The third-order valence-corrected chi connectivity index (χ3v) is 3.49. The molecule has 0 bridgehead atoms. The van der Waals surface area contributed by atoms with Gasteiger partial charge in [0, 0.05) is 29.6 Å². The Kier molecular flexibility index (Phi) is 3.65. The van der Waals surface area contributed by atoms with Gasteiger partial charge in [0.2, 0.25) is 0 Å². The Labute approximate surface area is 125 Å². The first-order valence-electron chi connectivity index (χ1n) is 6.61. The lowest BCUT2D eigenvalue weighted by molar-refractivity contribution is 0.120. The van der Waals surface area contributed by atoms with E-state index in [1.54, 1.807) is 30.3 Å². The molecule has 0 aliphatic heterocycles. The molecular weight excluding hydrogens is 286 g/mol. The number of nitrogens with zero attached hydrogens (tertiary/aromatic N) is 2. The van der Waals surface area contributed by atoms with Crippen molar-refractivity contribution in [2.45, 2.75) is 5.60 Å². The van der Waals surface area contributed by atoms with E-state index in [9.17, 15) is 13.9 Å². The molecule has 22 heavy (non-hydrogen) atoms. The fraction of sp³-hybridized carbons (Fsp3) is 0.0588. The first-order chi connectivity index (χ1) is 10.6. The Hall–Kier alpha value is -2.66. The van der Waals surface area contributed by atoms with Crippen LogP contribution >= 0.6 is 0 Å². The lowest BCUT2D eigenvalue weighted by Gasteiger charge is -2.29. The molecule has 0 radical (unpaired) electrons. The highest BCUT2D eigenvalue weighted by Crippen LogP contribution is 2.37. The normalized spacial score (nSPS) is 13.6. The summed E-state index contributed by atoms with van der Waals surface area (Å²) >= 11 is 0. The summed E-state index contributed by atoms with van der Waals surface area (Å²) < 4.78 is 27.5. The molecular formula is C17H12F2N2O. The van der Waals surface area contributed by atoms with Crippen LogP contribution in [-0.2, 0) is 5.60 Å². The van der Waals surface area contributed by atoms with Crippen LogP contribution in [0.25, 0.3) is 0 Å². The molecule has 0 aliphatic rings. The summed E-state index contributed by atoms with van der Waals surface area (Å²) in [4.78, 5) is 7.76. The standard InChI is InChI=1S/C17H12F2N2O/c18-14-6-7-15(16(19)8-14)17(22,12-4-2-1-3-5-12)13-9-20-11-21-10-13/h1-11,22H. The highest BCUT2D eigenvalue weighted by atomic mass is 19.1. The number of aromatic nitrogens is 2. The smallest absolute Gasteiger partial charge is 0.146 e. The van der Waals surface area contributed by atoms with E-state index in [-0.39, 0.29) is 5.56 Å².